The van der Waals surface area contributed by atoms with Crippen molar-refractivity contribution in [2.75, 3.05) is 52.5 Å². The number of nitrogens with zero attached hydrogens (tertiary/aromatic N) is 2. The van der Waals surface area contributed by atoms with E-state index in [1.54, 1.807) is 0 Å². The lowest BCUT2D eigenvalue weighted by atomic mass is 10.2. The number of hydrogen-bond donors (Lipinski definition) is 2. The van der Waals surface area contributed by atoms with Crippen molar-refractivity contribution in [2.45, 2.75) is 12.3 Å². The number of halogens is 3. The second-order valence-corrected chi connectivity index (χ2v) is 5.86. The maximum Gasteiger partial charge on any atom is 0.416 e. The first-order valence-electron chi connectivity index (χ1n) is 7.92. The van der Waals surface area contributed by atoms with Gasteiger partial charge in [-0.25, -0.2) is 0 Å². The number of alkyl halides is 3. The zero-order valence-corrected chi connectivity index (χ0v) is 13.4. The van der Waals surface area contributed by atoms with E-state index in [9.17, 15) is 18.3 Å². The molecule has 8 heteroatoms. The average Bonchev–Trinajstić information content (AvgIpc) is 2.55. The first kappa shape index (κ1) is 19.0. The van der Waals surface area contributed by atoms with Crippen LogP contribution in [-0.4, -0.2) is 78.6 Å². The lowest BCUT2D eigenvalue weighted by Gasteiger charge is -2.35. The Morgan fingerprint density at radius 3 is 2.42 bits per heavy atom. The van der Waals surface area contributed by atoms with Crippen molar-refractivity contribution in [3.8, 4) is 5.75 Å². The van der Waals surface area contributed by atoms with Gasteiger partial charge in [-0.05, 0) is 18.2 Å². The Bertz CT molecular complexity index is 506. The van der Waals surface area contributed by atoms with Gasteiger partial charge in [0.2, 0.25) is 0 Å². The zero-order valence-electron chi connectivity index (χ0n) is 13.4. The lowest BCUT2D eigenvalue weighted by Crippen LogP contribution is -2.49. The van der Waals surface area contributed by atoms with E-state index < -0.39 is 17.8 Å². The predicted octanol–water partition coefficient (Wildman–Crippen LogP) is 1.05. The monoisotopic (exact) mass is 348 g/mol. The number of benzene rings is 1. The van der Waals surface area contributed by atoms with Gasteiger partial charge in [0.05, 0.1) is 12.2 Å². The van der Waals surface area contributed by atoms with Crippen LogP contribution in [0.5, 0.6) is 5.75 Å². The highest BCUT2D eigenvalue weighted by molar-refractivity contribution is 5.30. The summed E-state index contributed by atoms with van der Waals surface area (Å²) in [5, 5.41) is 18.9. The molecule has 1 fully saturated rings. The fourth-order valence-corrected chi connectivity index (χ4v) is 2.64. The molecule has 1 aromatic rings. The van der Waals surface area contributed by atoms with Gasteiger partial charge in [0, 0.05) is 39.3 Å². The molecule has 136 valence electrons. The summed E-state index contributed by atoms with van der Waals surface area (Å²) >= 11 is 0. The van der Waals surface area contributed by atoms with Crippen molar-refractivity contribution in [3.63, 3.8) is 0 Å². The first-order valence-corrected chi connectivity index (χ1v) is 7.92. The minimum absolute atomic E-state index is 0.0574. The van der Waals surface area contributed by atoms with Crippen molar-refractivity contribution in [1.29, 1.82) is 0 Å². The molecule has 0 amide bonds. The van der Waals surface area contributed by atoms with Crippen LogP contribution in [0.3, 0.4) is 0 Å². The Kier molecular flexibility index (Phi) is 6.85. The van der Waals surface area contributed by atoms with Gasteiger partial charge in [0.25, 0.3) is 0 Å². The number of rotatable bonds is 7. The topological polar surface area (TPSA) is 56.2 Å². The Morgan fingerprint density at radius 1 is 1.12 bits per heavy atom. The van der Waals surface area contributed by atoms with Crippen molar-refractivity contribution in [1.82, 2.24) is 9.80 Å². The summed E-state index contributed by atoms with van der Waals surface area (Å²) in [6.07, 6.45) is -5.18. The molecule has 0 saturated carbocycles. The summed E-state index contributed by atoms with van der Waals surface area (Å²) in [7, 11) is 0. The number of aliphatic hydroxyl groups excluding tert-OH is 2. The highest BCUT2D eigenvalue weighted by Crippen LogP contribution is 2.31. The van der Waals surface area contributed by atoms with E-state index in [2.05, 4.69) is 9.80 Å². The van der Waals surface area contributed by atoms with Gasteiger partial charge in [-0.1, -0.05) is 6.07 Å². The molecule has 5 nitrogen and oxygen atoms in total. The van der Waals surface area contributed by atoms with Crippen LogP contribution >= 0.6 is 0 Å². The second kappa shape index (κ2) is 8.66. The fourth-order valence-electron chi connectivity index (χ4n) is 2.64. The van der Waals surface area contributed by atoms with E-state index in [0.717, 1.165) is 38.3 Å². The molecule has 24 heavy (non-hydrogen) atoms. The van der Waals surface area contributed by atoms with Gasteiger partial charge in [0.15, 0.2) is 0 Å². The Balaban J connectivity index is 1.75. The van der Waals surface area contributed by atoms with Gasteiger partial charge < -0.3 is 14.9 Å². The van der Waals surface area contributed by atoms with Crippen molar-refractivity contribution < 1.29 is 28.1 Å². The van der Waals surface area contributed by atoms with Crippen LogP contribution in [0.1, 0.15) is 5.56 Å². The summed E-state index contributed by atoms with van der Waals surface area (Å²) in [5.41, 5.74) is -0.769. The van der Waals surface area contributed by atoms with Crippen LogP contribution in [0.4, 0.5) is 13.2 Å². The Morgan fingerprint density at radius 2 is 1.79 bits per heavy atom. The Labute approximate surface area is 139 Å². The molecule has 1 saturated heterocycles. The smallest absolute Gasteiger partial charge is 0.416 e. The maximum atomic E-state index is 12.6. The van der Waals surface area contributed by atoms with Crippen LogP contribution in [0.15, 0.2) is 24.3 Å². The zero-order chi connectivity index (χ0) is 17.6. The standard InChI is InChI=1S/C16H23F3N2O3/c17-16(18,19)13-2-1-3-15(10-13)24-12-14(23)11-21-6-4-20(5-7-21)8-9-22/h1-3,10,14,22-23H,4-9,11-12H2/t14-/m0/s1. The third-order valence-corrected chi connectivity index (χ3v) is 3.95. The van der Waals surface area contributed by atoms with Gasteiger partial charge >= 0.3 is 6.18 Å². The van der Waals surface area contributed by atoms with Gasteiger partial charge in [-0.3, -0.25) is 9.80 Å². The molecule has 1 aliphatic heterocycles. The van der Waals surface area contributed by atoms with Crippen LogP contribution in [0.2, 0.25) is 0 Å². The second-order valence-electron chi connectivity index (χ2n) is 5.86. The van der Waals surface area contributed by atoms with Crippen LogP contribution in [0.25, 0.3) is 0 Å². The molecule has 1 heterocycles. The molecular weight excluding hydrogens is 325 g/mol. The number of aliphatic hydroxyl groups is 2. The van der Waals surface area contributed by atoms with Crippen LogP contribution in [0, 0.1) is 0 Å². The third-order valence-electron chi connectivity index (χ3n) is 3.95. The SMILES string of the molecule is OCCN1CCN(C[C@H](O)COc2cccc(C(F)(F)F)c2)CC1. The highest BCUT2D eigenvalue weighted by atomic mass is 19.4. The van der Waals surface area contributed by atoms with E-state index in [1.807, 2.05) is 0 Å². The largest absolute Gasteiger partial charge is 0.491 e. The molecule has 2 N–H and O–H groups in total. The summed E-state index contributed by atoms with van der Waals surface area (Å²) in [6, 6.07) is 4.63. The Hall–Kier alpha value is -1.35. The van der Waals surface area contributed by atoms with Crippen molar-refractivity contribution in [3.05, 3.63) is 29.8 Å². The molecule has 0 aliphatic carbocycles. The minimum Gasteiger partial charge on any atom is -0.491 e. The number of ether oxygens (including phenoxy) is 1. The summed E-state index contributed by atoms with van der Waals surface area (Å²) in [4.78, 5) is 4.22. The molecule has 1 aliphatic rings. The number of hydrogen-bond acceptors (Lipinski definition) is 5. The minimum atomic E-state index is -4.41. The van der Waals surface area contributed by atoms with Crippen LogP contribution in [-0.2, 0) is 6.18 Å². The molecule has 2 rings (SSSR count). The molecule has 0 radical (unpaired) electrons. The molecule has 0 aromatic heterocycles. The van der Waals surface area contributed by atoms with Crippen molar-refractivity contribution in [2.24, 2.45) is 0 Å². The molecule has 1 aromatic carbocycles. The number of piperazine rings is 1. The lowest BCUT2D eigenvalue weighted by molar-refractivity contribution is -0.137. The summed E-state index contributed by atoms with van der Waals surface area (Å²) in [6.45, 7) is 4.33. The average molecular weight is 348 g/mol. The van der Waals surface area contributed by atoms with Gasteiger partial charge in [-0.15, -0.1) is 0 Å². The predicted molar refractivity (Wildman–Crippen MR) is 82.9 cm³/mol. The first-order chi connectivity index (χ1) is 11.4. The fraction of sp³-hybridized carbons (Fsp3) is 0.625. The molecular formula is C16H23F3N2O3. The molecule has 0 bridgehead atoms. The van der Waals surface area contributed by atoms with E-state index >= 15 is 0 Å². The highest BCUT2D eigenvalue weighted by Gasteiger charge is 2.30. The summed E-state index contributed by atoms with van der Waals surface area (Å²) < 4.78 is 43.2. The van der Waals surface area contributed by atoms with Gasteiger partial charge in [-0.2, -0.15) is 13.2 Å². The van der Waals surface area contributed by atoms with E-state index in [1.165, 1.54) is 12.1 Å². The van der Waals surface area contributed by atoms with E-state index in [0.29, 0.717) is 13.1 Å². The maximum absolute atomic E-state index is 12.6. The van der Waals surface area contributed by atoms with Crippen molar-refractivity contribution >= 4 is 0 Å². The molecule has 0 spiro atoms. The van der Waals surface area contributed by atoms with E-state index in [-0.39, 0.29) is 19.0 Å². The summed E-state index contributed by atoms with van der Waals surface area (Å²) in [5.74, 6) is 0.0941. The number of β-amino-alcohol motifs (C(OH)–C–C–N with tert-alkyl or cyclic N) is 2. The van der Waals surface area contributed by atoms with Crippen LogP contribution < -0.4 is 4.74 Å². The van der Waals surface area contributed by atoms with Gasteiger partial charge in [0.1, 0.15) is 18.5 Å². The van der Waals surface area contributed by atoms with E-state index in [4.69, 9.17) is 9.84 Å². The third kappa shape index (κ3) is 5.94. The normalized spacial score (nSPS) is 18.5. The molecule has 0 unspecified atom stereocenters. The quantitative estimate of drug-likeness (QED) is 0.772. The molecule has 1 atom stereocenters.